The summed E-state index contributed by atoms with van der Waals surface area (Å²) < 4.78 is 0. The maximum atomic E-state index is 8.76. The zero-order chi connectivity index (χ0) is 7.33. The summed E-state index contributed by atoms with van der Waals surface area (Å²) in [5.41, 5.74) is -0.0112. The van der Waals surface area contributed by atoms with Crippen LogP contribution in [0.2, 0.25) is 0 Å². The highest BCUT2D eigenvalue weighted by Crippen LogP contribution is 2.10. The molecule has 2 N–H and O–H groups in total. The van der Waals surface area contributed by atoms with Crippen LogP contribution >= 0.6 is 12.6 Å². The Morgan fingerprint density at radius 1 is 1.56 bits per heavy atom. The van der Waals surface area contributed by atoms with Gasteiger partial charge >= 0.3 is 0 Å². The van der Waals surface area contributed by atoms with Crippen LogP contribution in [0, 0.1) is 5.41 Å². The van der Waals surface area contributed by atoms with Gasteiger partial charge in [-0.2, -0.15) is 12.6 Å². The van der Waals surface area contributed by atoms with Gasteiger partial charge in [0.15, 0.2) is 0 Å². The smallest absolute Gasteiger partial charge is 0.0494 e. The van der Waals surface area contributed by atoms with Crippen LogP contribution < -0.4 is 5.32 Å². The van der Waals surface area contributed by atoms with E-state index < -0.39 is 0 Å². The average Bonchev–Trinajstić information content (AvgIpc) is 1.84. The first-order chi connectivity index (χ1) is 4.12. The fraction of sp³-hybridized carbons (Fsp3) is 1.00. The maximum absolute atomic E-state index is 8.76. The molecule has 9 heavy (non-hydrogen) atoms. The molecule has 0 amide bonds. The van der Waals surface area contributed by atoms with Gasteiger partial charge in [0.25, 0.3) is 0 Å². The third-order valence-electron chi connectivity index (χ3n) is 1.14. The minimum absolute atomic E-state index is 0.0112. The summed E-state index contributed by atoms with van der Waals surface area (Å²) in [6, 6.07) is 0. The first-order valence-corrected chi connectivity index (χ1v) is 3.68. The molecule has 0 spiro atoms. The molecule has 0 unspecified atom stereocenters. The summed E-state index contributed by atoms with van der Waals surface area (Å²) in [6.45, 7) is 5.04. The minimum atomic E-state index is -0.0112. The van der Waals surface area contributed by atoms with Crippen molar-refractivity contribution in [2.45, 2.75) is 13.8 Å². The summed E-state index contributed by atoms with van der Waals surface area (Å²) in [6.07, 6.45) is 0. The second-order valence-corrected chi connectivity index (χ2v) is 3.22. The molecule has 0 aromatic heterocycles. The maximum Gasteiger partial charge on any atom is 0.0494 e. The molecular formula is C6H15NOS. The van der Waals surface area contributed by atoms with Crippen molar-refractivity contribution in [3.05, 3.63) is 0 Å². The molecule has 0 aliphatic carbocycles. The molecule has 0 aliphatic heterocycles. The van der Waals surface area contributed by atoms with E-state index in [1.165, 1.54) is 0 Å². The number of thiol groups is 1. The van der Waals surface area contributed by atoms with Crippen LogP contribution in [-0.4, -0.2) is 24.1 Å². The highest BCUT2D eigenvalue weighted by molar-refractivity contribution is 7.80. The minimum Gasteiger partial charge on any atom is -0.396 e. The third-order valence-corrected chi connectivity index (χ3v) is 1.37. The molecule has 0 fully saturated rings. The molecule has 0 radical (unpaired) electrons. The lowest BCUT2D eigenvalue weighted by atomic mass is 9.95. The van der Waals surface area contributed by atoms with E-state index in [4.69, 9.17) is 5.11 Å². The summed E-state index contributed by atoms with van der Waals surface area (Å²) in [4.78, 5) is 0. The standard InChI is InChI=1S/C6H15NOS/c1-6(2,4-8)3-7-5-9/h7-9H,3-5H2,1-2H3. The number of hydrogen-bond acceptors (Lipinski definition) is 3. The van der Waals surface area contributed by atoms with Gasteiger partial charge in [0.05, 0.1) is 0 Å². The Labute approximate surface area is 62.1 Å². The lowest BCUT2D eigenvalue weighted by Crippen LogP contribution is -2.31. The molecule has 0 aliphatic rings. The molecule has 3 heteroatoms. The molecule has 0 heterocycles. The van der Waals surface area contributed by atoms with Crippen LogP contribution in [0.1, 0.15) is 13.8 Å². The largest absolute Gasteiger partial charge is 0.396 e. The number of nitrogens with one attached hydrogen (secondary N) is 1. The zero-order valence-corrected chi connectivity index (χ0v) is 6.91. The van der Waals surface area contributed by atoms with Gasteiger partial charge < -0.3 is 10.4 Å². The van der Waals surface area contributed by atoms with Gasteiger partial charge in [-0.3, -0.25) is 0 Å². The van der Waals surface area contributed by atoms with Crippen molar-refractivity contribution < 1.29 is 5.11 Å². The van der Waals surface area contributed by atoms with Gasteiger partial charge in [-0.1, -0.05) is 13.8 Å². The van der Waals surface area contributed by atoms with Crippen molar-refractivity contribution in [3.63, 3.8) is 0 Å². The lowest BCUT2D eigenvalue weighted by molar-refractivity contribution is 0.159. The van der Waals surface area contributed by atoms with Crippen LogP contribution in [0.4, 0.5) is 0 Å². The molecule has 56 valence electrons. The number of aliphatic hydroxyl groups excluding tert-OH is 1. The van der Waals surface area contributed by atoms with E-state index in [1.807, 2.05) is 13.8 Å². The van der Waals surface area contributed by atoms with Crippen molar-refractivity contribution in [2.24, 2.45) is 5.41 Å². The van der Waals surface area contributed by atoms with Gasteiger partial charge in [0.2, 0.25) is 0 Å². The molecule has 0 aromatic carbocycles. The van der Waals surface area contributed by atoms with E-state index in [1.54, 1.807) is 0 Å². The highest BCUT2D eigenvalue weighted by atomic mass is 32.1. The topological polar surface area (TPSA) is 32.3 Å². The van der Waals surface area contributed by atoms with Gasteiger partial charge in [-0.25, -0.2) is 0 Å². The van der Waals surface area contributed by atoms with Crippen LogP contribution in [-0.2, 0) is 0 Å². The Hall–Kier alpha value is 0.270. The van der Waals surface area contributed by atoms with Crippen molar-refractivity contribution in [3.8, 4) is 0 Å². The van der Waals surface area contributed by atoms with Gasteiger partial charge in [-0.15, -0.1) is 0 Å². The second-order valence-electron chi connectivity index (χ2n) is 2.91. The third kappa shape index (κ3) is 4.75. The van der Waals surface area contributed by atoms with E-state index in [9.17, 15) is 0 Å². The Bertz CT molecular complexity index is 75.5. The summed E-state index contributed by atoms with van der Waals surface area (Å²) in [7, 11) is 0. The average molecular weight is 149 g/mol. The number of aliphatic hydroxyl groups is 1. The Morgan fingerprint density at radius 3 is 2.44 bits per heavy atom. The van der Waals surface area contributed by atoms with E-state index in [-0.39, 0.29) is 12.0 Å². The van der Waals surface area contributed by atoms with E-state index in [0.717, 1.165) is 6.54 Å². The van der Waals surface area contributed by atoms with Gasteiger partial charge in [0.1, 0.15) is 0 Å². The lowest BCUT2D eigenvalue weighted by Gasteiger charge is -2.20. The fourth-order valence-corrected chi connectivity index (χ4v) is 0.562. The van der Waals surface area contributed by atoms with Crippen molar-refractivity contribution >= 4 is 12.6 Å². The quantitative estimate of drug-likeness (QED) is 0.401. The van der Waals surface area contributed by atoms with Crippen LogP contribution in [0.3, 0.4) is 0 Å². The van der Waals surface area contributed by atoms with E-state index in [2.05, 4.69) is 17.9 Å². The SMILES string of the molecule is CC(C)(CO)CNCS. The molecule has 0 bridgehead atoms. The zero-order valence-electron chi connectivity index (χ0n) is 6.02. The van der Waals surface area contributed by atoms with Crippen LogP contribution in [0.5, 0.6) is 0 Å². The molecular weight excluding hydrogens is 134 g/mol. The number of hydrogen-bond donors (Lipinski definition) is 3. The van der Waals surface area contributed by atoms with Gasteiger partial charge in [-0.05, 0) is 0 Å². The van der Waals surface area contributed by atoms with Crippen LogP contribution in [0.25, 0.3) is 0 Å². The van der Waals surface area contributed by atoms with Gasteiger partial charge in [0, 0.05) is 24.4 Å². The van der Waals surface area contributed by atoms with Crippen molar-refractivity contribution in [2.75, 3.05) is 19.0 Å². The van der Waals surface area contributed by atoms with Crippen molar-refractivity contribution in [1.29, 1.82) is 0 Å². The molecule has 0 aromatic rings. The molecule has 2 nitrogen and oxygen atoms in total. The Kier molecular flexibility index (Phi) is 4.27. The van der Waals surface area contributed by atoms with Crippen molar-refractivity contribution in [1.82, 2.24) is 5.32 Å². The van der Waals surface area contributed by atoms with E-state index >= 15 is 0 Å². The molecule has 0 saturated carbocycles. The predicted molar refractivity (Wildman–Crippen MR) is 42.7 cm³/mol. The molecule has 0 rings (SSSR count). The first-order valence-electron chi connectivity index (χ1n) is 3.05. The predicted octanol–water partition coefficient (Wildman–Crippen LogP) is 0.482. The second kappa shape index (κ2) is 4.14. The Balaban J connectivity index is 3.33. The number of rotatable bonds is 4. The monoisotopic (exact) mass is 149 g/mol. The fourth-order valence-electron chi connectivity index (χ4n) is 0.450. The van der Waals surface area contributed by atoms with E-state index in [0.29, 0.717) is 5.88 Å². The first kappa shape index (κ1) is 9.27. The highest BCUT2D eigenvalue weighted by Gasteiger charge is 2.14. The summed E-state index contributed by atoms with van der Waals surface area (Å²) in [5, 5.41) is 11.8. The molecule has 0 saturated heterocycles. The summed E-state index contributed by atoms with van der Waals surface area (Å²) in [5.74, 6) is 0.670. The normalized spacial score (nSPS) is 12.0. The summed E-state index contributed by atoms with van der Waals surface area (Å²) >= 11 is 3.98. The Morgan fingerprint density at radius 2 is 2.11 bits per heavy atom. The molecule has 0 atom stereocenters. The van der Waals surface area contributed by atoms with Crippen LogP contribution in [0.15, 0.2) is 0 Å².